The minimum absolute atomic E-state index is 0.0910. The molecule has 7 heteroatoms. The molecule has 0 atom stereocenters. The van der Waals surface area contributed by atoms with Crippen LogP contribution in [0, 0.1) is 0 Å². The van der Waals surface area contributed by atoms with E-state index < -0.39 is 11.8 Å². The number of aromatic nitrogens is 2. The van der Waals surface area contributed by atoms with Crippen molar-refractivity contribution in [1.82, 2.24) is 9.78 Å². The molecule has 1 aliphatic carbocycles. The van der Waals surface area contributed by atoms with Crippen LogP contribution in [-0.2, 0) is 9.59 Å². The standard InChI is InChI=1S/C19H24N4O2S/c1-13(2)23-17(11-12-20-23)22-19(25)18(24)21-14-7-9-16(10-8-14)26-15-5-3-4-6-15/h7-13,15H,3-6H2,1-2H3,(H,21,24)(H,22,25). The van der Waals surface area contributed by atoms with Gasteiger partial charge in [-0.3, -0.25) is 9.59 Å². The maximum atomic E-state index is 12.1. The summed E-state index contributed by atoms with van der Waals surface area (Å²) in [5.41, 5.74) is 0.610. The predicted octanol–water partition coefficient (Wildman–Crippen LogP) is 4.08. The fraction of sp³-hybridized carbons (Fsp3) is 0.421. The third-order valence-corrected chi connectivity index (χ3v) is 5.67. The number of amides is 2. The van der Waals surface area contributed by atoms with E-state index in [1.54, 1.807) is 16.9 Å². The van der Waals surface area contributed by atoms with E-state index in [0.29, 0.717) is 16.8 Å². The minimum atomic E-state index is -0.711. The molecule has 6 nitrogen and oxygen atoms in total. The number of nitrogens with one attached hydrogen (secondary N) is 2. The molecule has 0 spiro atoms. The maximum absolute atomic E-state index is 12.1. The highest BCUT2D eigenvalue weighted by Crippen LogP contribution is 2.34. The molecule has 0 saturated heterocycles. The van der Waals surface area contributed by atoms with Gasteiger partial charge in [-0.1, -0.05) is 12.8 Å². The van der Waals surface area contributed by atoms with Crippen LogP contribution >= 0.6 is 11.8 Å². The fourth-order valence-electron chi connectivity index (χ4n) is 3.00. The van der Waals surface area contributed by atoms with Crippen LogP contribution in [0.3, 0.4) is 0 Å². The number of carbonyl (C=O) groups is 2. The van der Waals surface area contributed by atoms with Crippen molar-refractivity contribution in [3.8, 4) is 0 Å². The summed E-state index contributed by atoms with van der Waals surface area (Å²) in [5.74, 6) is -0.905. The minimum Gasteiger partial charge on any atom is -0.318 e. The highest BCUT2D eigenvalue weighted by molar-refractivity contribution is 8.00. The third-order valence-electron chi connectivity index (χ3n) is 4.32. The zero-order valence-corrected chi connectivity index (χ0v) is 15.9. The van der Waals surface area contributed by atoms with E-state index in [1.165, 1.54) is 30.6 Å². The van der Waals surface area contributed by atoms with E-state index >= 15 is 0 Å². The molecule has 1 saturated carbocycles. The van der Waals surface area contributed by atoms with Gasteiger partial charge in [0.1, 0.15) is 5.82 Å². The lowest BCUT2D eigenvalue weighted by Crippen LogP contribution is -2.30. The first-order chi connectivity index (χ1) is 12.5. The summed E-state index contributed by atoms with van der Waals surface area (Å²) in [5, 5.41) is 10.1. The SMILES string of the molecule is CC(C)n1nccc1NC(=O)C(=O)Nc1ccc(SC2CCCC2)cc1. The van der Waals surface area contributed by atoms with E-state index in [9.17, 15) is 9.59 Å². The third kappa shape index (κ3) is 4.66. The van der Waals surface area contributed by atoms with E-state index in [1.807, 2.05) is 49.9 Å². The van der Waals surface area contributed by atoms with Crippen molar-refractivity contribution in [3.05, 3.63) is 36.5 Å². The van der Waals surface area contributed by atoms with Crippen molar-refractivity contribution in [2.75, 3.05) is 10.6 Å². The summed E-state index contributed by atoms with van der Waals surface area (Å²) >= 11 is 1.89. The lowest BCUT2D eigenvalue weighted by molar-refractivity contribution is -0.133. The van der Waals surface area contributed by atoms with Crippen LogP contribution in [0.15, 0.2) is 41.4 Å². The first-order valence-corrected chi connectivity index (χ1v) is 9.83. The Hall–Kier alpha value is -2.28. The number of hydrogen-bond donors (Lipinski definition) is 2. The number of hydrogen-bond acceptors (Lipinski definition) is 4. The van der Waals surface area contributed by atoms with Crippen LogP contribution < -0.4 is 10.6 Å². The van der Waals surface area contributed by atoms with Gasteiger partial charge in [-0.15, -0.1) is 11.8 Å². The van der Waals surface area contributed by atoms with Gasteiger partial charge in [0.15, 0.2) is 0 Å². The molecule has 2 amide bonds. The molecular formula is C19H24N4O2S. The molecule has 1 aromatic carbocycles. The molecule has 1 aliphatic rings. The number of rotatable bonds is 5. The Labute approximate surface area is 157 Å². The average Bonchev–Trinajstić information content (AvgIpc) is 3.28. The van der Waals surface area contributed by atoms with Crippen molar-refractivity contribution in [3.63, 3.8) is 0 Å². The molecule has 1 aromatic heterocycles. The van der Waals surface area contributed by atoms with Gasteiger partial charge in [0.2, 0.25) is 0 Å². The van der Waals surface area contributed by atoms with Gasteiger partial charge in [0, 0.05) is 27.9 Å². The Kier molecular flexibility index (Phi) is 5.98. The smallest absolute Gasteiger partial charge is 0.315 e. The molecule has 138 valence electrons. The second kappa shape index (κ2) is 8.40. The van der Waals surface area contributed by atoms with Crippen molar-refractivity contribution >= 4 is 35.1 Å². The monoisotopic (exact) mass is 372 g/mol. The molecule has 0 unspecified atom stereocenters. The average molecular weight is 372 g/mol. The van der Waals surface area contributed by atoms with Crippen molar-refractivity contribution in [1.29, 1.82) is 0 Å². The van der Waals surface area contributed by atoms with Crippen molar-refractivity contribution in [2.24, 2.45) is 0 Å². The number of anilines is 2. The first-order valence-electron chi connectivity index (χ1n) is 8.95. The van der Waals surface area contributed by atoms with Crippen LogP contribution in [0.25, 0.3) is 0 Å². The largest absolute Gasteiger partial charge is 0.318 e. The highest BCUT2D eigenvalue weighted by atomic mass is 32.2. The quantitative estimate of drug-likeness (QED) is 0.776. The Morgan fingerprint density at radius 3 is 2.38 bits per heavy atom. The highest BCUT2D eigenvalue weighted by Gasteiger charge is 2.18. The van der Waals surface area contributed by atoms with Gasteiger partial charge in [-0.2, -0.15) is 5.10 Å². The Bertz CT molecular complexity index is 764. The normalized spacial score (nSPS) is 14.6. The van der Waals surface area contributed by atoms with Gasteiger partial charge < -0.3 is 10.6 Å². The predicted molar refractivity (Wildman–Crippen MR) is 104 cm³/mol. The van der Waals surface area contributed by atoms with E-state index in [4.69, 9.17) is 0 Å². The molecule has 1 heterocycles. The summed E-state index contributed by atoms with van der Waals surface area (Å²) in [6.45, 7) is 3.90. The lowest BCUT2D eigenvalue weighted by Gasteiger charge is -2.12. The maximum Gasteiger partial charge on any atom is 0.315 e. The molecule has 2 aromatic rings. The molecule has 0 bridgehead atoms. The summed E-state index contributed by atoms with van der Waals surface area (Å²) in [4.78, 5) is 25.4. The zero-order chi connectivity index (χ0) is 18.5. The lowest BCUT2D eigenvalue weighted by atomic mass is 10.3. The topological polar surface area (TPSA) is 76.0 Å². The second-order valence-corrected chi connectivity index (χ2v) is 8.09. The number of carbonyl (C=O) groups excluding carboxylic acids is 2. The van der Waals surface area contributed by atoms with Gasteiger partial charge in [-0.25, -0.2) is 4.68 Å². The summed E-state index contributed by atoms with van der Waals surface area (Å²) < 4.78 is 1.65. The van der Waals surface area contributed by atoms with E-state index in [0.717, 1.165) is 0 Å². The van der Waals surface area contributed by atoms with Gasteiger partial charge in [0.05, 0.1) is 6.20 Å². The Morgan fingerprint density at radius 1 is 1.08 bits per heavy atom. The molecule has 2 N–H and O–H groups in total. The van der Waals surface area contributed by atoms with E-state index in [-0.39, 0.29) is 6.04 Å². The van der Waals surface area contributed by atoms with Crippen LogP contribution in [0.1, 0.15) is 45.6 Å². The molecule has 0 aliphatic heterocycles. The van der Waals surface area contributed by atoms with Crippen LogP contribution in [0.2, 0.25) is 0 Å². The van der Waals surface area contributed by atoms with Crippen molar-refractivity contribution < 1.29 is 9.59 Å². The van der Waals surface area contributed by atoms with Crippen LogP contribution in [0.5, 0.6) is 0 Å². The summed E-state index contributed by atoms with van der Waals surface area (Å²) in [6, 6.07) is 9.41. The van der Waals surface area contributed by atoms with E-state index in [2.05, 4.69) is 15.7 Å². The molecular weight excluding hydrogens is 348 g/mol. The molecule has 0 radical (unpaired) electrons. The van der Waals surface area contributed by atoms with Crippen LogP contribution in [0.4, 0.5) is 11.5 Å². The first kappa shape index (κ1) is 18.5. The number of benzene rings is 1. The second-order valence-electron chi connectivity index (χ2n) is 6.71. The van der Waals surface area contributed by atoms with Gasteiger partial charge in [-0.05, 0) is 51.0 Å². The Balaban J connectivity index is 1.55. The molecule has 26 heavy (non-hydrogen) atoms. The van der Waals surface area contributed by atoms with Crippen LogP contribution in [-0.4, -0.2) is 26.8 Å². The number of nitrogens with zero attached hydrogens (tertiary/aromatic N) is 2. The van der Waals surface area contributed by atoms with Gasteiger partial charge >= 0.3 is 11.8 Å². The summed E-state index contributed by atoms with van der Waals surface area (Å²) in [7, 11) is 0. The number of thioether (sulfide) groups is 1. The van der Waals surface area contributed by atoms with Gasteiger partial charge in [0.25, 0.3) is 0 Å². The summed E-state index contributed by atoms with van der Waals surface area (Å²) in [6.07, 6.45) is 6.77. The van der Waals surface area contributed by atoms with Crippen molar-refractivity contribution in [2.45, 2.75) is 55.7 Å². The fourth-order valence-corrected chi connectivity index (χ4v) is 4.25. The molecule has 1 fully saturated rings. The Morgan fingerprint density at radius 2 is 1.73 bits per heavy atom. The zero-order valence-electron chi connectivity index (χ0n) is 15.1. The molecule has 3 rings (SSSR count).